The van der Waals surface area contributed by atoms with Crippen LogP contribution in [0.15, 0.2) is 22.1 Å². The van der Waals surface area contributed by atoms with Gasteiger partial charge in [0.15, 0.2) is 11.8 Å². The smallest absolute Gasteiger partial charge is 0.522 e. The first-order chi connectivity index (χ1) is 24.6. The third kappa shape index (κ3) is 12.5. The van der Waals surface area contributed by atoms with E-state index in [0.29, 0.717) is 24.3 Å². The fourth-order valence-electron chi connectivity index (χ4n) is 7.90. The number of hydrogen-bond donors (Lipinski definition) is 3. The van der Waals surface area contributed by atoms with E-state index in [9.17, 15) is 39.5 Å². The molecule has 10 atom stereocenters. The Balaban J connectivity index is 0.000000346. The van der Waals surface area contributed by atoms with Crippen molar-refractivity contribution in [2.45, 2.75) is 124 Å². The first kappa shape index (κ1) is 50.7. The van der Waals surface area contributed by atoms with Gasteiger partial charge < -0.3 is 20.3 Å². The van der Waals surface area contributed by atoms with Crippen LogP contribution in [0.4, 0.5) is 39.5 Å². The van der Waals surface area contributed by atoms with Crippen molar-refractivity contribution in [3.8, 4) is 0 Å². The van der Waals surface area contributed by atoms with Gasteiger partial charge in [0.2, 0.25) is 0 Å². The number of rotatable bonds is 2. The number of ether oxygens (including phenoxy) is 2. The first-order valence-corrected chi connectivity index (χ1v) is 20.9. The summed E-state index contributed by atoms with van der Waals surface area (Å²) in [5.74, 6) is 4.95. The van der Waals surface area contributed by atoms with E-state index in [1.165, 1.54) is 64.2 Å². The van der Waals surface area contributed by atoms with E-state index >= 15 is 0 Å². The van der Waals surface area contributed by atoms with Gasteiger partial charge in [0.1, 0.15) is 12.2 Å². The van der Waals surface area contributed by atoms with Gasteiger partial charge in [0, 0.05) is 25.8 Å². The third-order valence-corrected chi connectivity index (χ3v) is 11.9. The van der Waals surface area contributed by atoms with Gasteiger partial charge in [-0.15, -0.1) is 0 Å². The molecule has 323 valence electrons. The second-order valence-electron chi connectivity index (χ2n) is 13.7. The molecule has 3 heterocycles. The second-order valence-corrected chi connectivity index (χ2v) is 17.9. The topological polar surface area (TPSA) is 252 Å². The van der Waals surface area contributed by atoms with E-state index < -0.39 is 46.9 Å². The van der Waals surface area contributed by atoms with Gasteiger partial charge >= 0.3 is 46.9 Å². The van der Waals surface area contributed by atoms with E-state index in [4.69, 9.17) is 63.7 Å². The molecular weight excluding hydrogens is 882 g/mol. The van der Waals surface area contributed by atoms with Crippen LogP contribution >= 0.6 is 0 Å². The summed E-state index contributed by atoms with van der Waals surface area (Å²) in [5, 5.41) is 5.11. The Labute approximate surface area is 334 Å². The van der Waals surface area contributed by atoms with Gasteiger partial charge in [0.05, 0.1) is 12.1 Å². The fourth-order valence-corrected chi connectivity index (χ4v) is 7.90. The van der Waals surface area contributed by atoms with Crippen molar-refractivity contribution >= 4 is 42.1 Å². The largest absolute Gasteiger partial charge is 0.638 e. The quantitative estimate of drug-likeness (QED) is 0.141. The molecular formula is C28H39F9N3O12S3Sc-. The molecule has 0 bridgehead atoms. The number of halogens is 9. The molecule has 0 aromatic rings. The van der Waals surface area contributed by atoms with Crippen LogP contribution < -0.4 is 0 Å². The maximum Gasteiger partial charge on any atom is 0.522 e. The maximum atomic E-state index is 10.7. The first-order valence-electron chi connectivity index (χ1n) is 16.5. The zero-order valence-corrected chi connectivity index (χ0v) is 33.1. The molecule has 0 amide bonds. The van der Waals surface area contributed by atoms with E-state index in [1.807, 2.05) is 0 Å². The normalized spacial score (nSPS) is 33.4. The molecule has 0 aromatic carbocycles. The van der Waals surface area contributed by atoms with Crippen LogP contribution in [0.3, 0.4) is 0 Å². The molecule has 5 N–H and O–H groups in total. The molecule has 1 radical (unpaired) electrons. The second kappa shape index (κ2) is 18.9. The van der Waals surface area contributed by atoms with Crippen molar-refractivity contribution in [3.63, 3.8) is 0 Å². The van der Waals surface area contributed by atoms with Gasteiger partial charge in [-0.05, 0) is 74.7 Å². The molecule has 4 saturated carbocycles. The maximum absolute atomic E-state index is 10.7. The number of fused-ring (bicyclic) bond motifs is 6. The minimum atomic E-state index is -5.84. The van der Waals surface area contributed by atoms with Crippen molar-refractivity contribution in [1.29, 1.82) is 0 Å². The Hall–Kier alpha value is -1.43. The summed E-state index contributed by atoms with van der Waals surface area (Å²) in [6.07, 6.45) is 19.3. The summed E-state index contributed by atoms with van der Waals surface area (Å²) in [5.41, 5.74) is -16.6. The minimum absolute atomic E-state index is 0. The van der Waals surface area contributed by atoms with Crippen LogP contribution in [-0.4, -0.2) is 109 Å². The van der Waals surface area contributed by atoms with Gasteiger partial charge in [-0.25, -0.2) is 9.98 Å². The average molecular weight is 922 g/mol. The zero-order valence-electron chi connectivity index (χ0n) is 28.9. The average Bonchev–Trinajstić information content (AvgIpc) is 3.78. The predicted octanol–water partition coefficient (Wildman–Crippen LogP) is 5.16. The van der Waals surface area contributed by atoms with Crippen molar-refractivity contribution < 1.29 is 119 Å². The van der Waals surface area contributed by atoms with Crippen LogP contribution in [0.25, 0.3) is 5.32 Å². The summed E-state index contributed by atoms with van der Waals surface area (Å²) in [7, 11) is -17.5. The van der Waals surface area contributed by atoms with Gasteiger partial charge in [0.25, 0.3) is 0 Å². The SMILES string of the molecule is C1=CC(C2=NC3C(CC4CCCCC43)O2)[N-]C(C2=NC3C(CC4CCCCC43)O2)C1.O.O=S(=O)(O)C(F)(F)F.O=S(=O)(O)C(F)(F)F.O=S(=O)(O)C(F)(F)F.[Sc]. The van der Waals surface area contributed by atoms with E-state index in [2.05, 4.69) is 12.2 Å². The van der Waals surface area contributed by atoms with E-state index in [0.717, 1.165) is 41.9 Å². The Kier molecular flexibility index (Phi) is 17.1. The number of alkyl halides is 9. The molecule has 28 heteroatoms. The van der Waals surface area contributed by atoms with E-state index in [-0.39, 0.29) is 43.4 Å². The third-order valence-electron chi connectivity index (χ3n) is 10.2. The van der Waals surface area contributed by atoms with Crippen molar-refractivity contribution in [3.05, 3.63) is 17.5 Å². The predicted molar refractivity (Wildman–Crippen MR) is 173 cm³/mol. The molecule has 15 nitrogen and oxygen atoms in total. The molecule has 10 unspecified atom stereocenters. The molecule has 56 heavy (non-hydrogen) atoms. The molecule has 0 aromatic heterocycles. The van der Waals surface area contributed by atoms with Crippen LogP contribution in [0.5, 0.6) is 0 Å². The molecule has 7 aliphatic rings. The summed E-state index contributed by atoms with van der Waals surface area (Å²) in [4.78, 5) is 10.2. The van der Waals surface area contributed by atoms with Gasteiger partial charge in [-0.1, -0.05) is 43.9 Å². The van der Waals surface area contributed by atoms with Crippen LogP contribution in [0.1, 0.15) is 70.6 Å². The minimum Gasteiger partial charge on any atom is -0.638 e. The summed E-state index contributed by atoms with van der Waals surface area (Å²) < 4.78 is 185. The Morgan fingerprint density at radius 1 is 0.625 bits per heavy atom. The molecule has 0 saturated heterocycles. The van der Waals surface area contributed by atoms with E-state index in [1.54, 1.807) is 0 Å². The Morgan fingerprint density at radius 2 is 0.964 bits per heavy atom. The molecule has 3 aliphatic heterocycles. The molecule has 4 aliphatic carbocycles. The van der Waals surface area contributed by atoms with Crippen molar-refractivity contribution in [1.82, 2.24) is 0 Å². The number of hydrogen-bond acceptors (Lipinski definition) is 10. The fraction of sp³-hybridized carbons (Fsp3) is 0.857. The molecule has 4 fully saturated rings. The van der Waals surface area contributed by atoms with Crippen molar-refractivity contribution in [2.75, 3.05) is 0 Å². The number of nitrogens with zero attached hydrogens (tertiary/aromatic N) is 3. The van der Waals surface area contributed by atoms with Gasteiger partial charge in [-0.2, -0.15) is 64.8 Å². The van der Waals surface area contributed by atoms with Crippen LogP contribution in [-0.2, 0) is 65.7 Å². The summed E-state index contributed by atoms with van der Waals surface area (Å²) in [6.45, 7) is 0. The standard InChI is InChI=1S/C25H34N3O2.3CHF3O3S.H2O.Sc/c1-3-8-16-14(6-1)12-20-22(16)27-24(29-20)18-10-5-11-19(26-18)25-28-23-17-9-4-2-7-15(17)13-21(23)30-25;3*2-1(3,4)8(5,6)7;;/h5,10,14-23H,1-4,6-9,11-13H2;3*(H,5,6,7);1H2;/q-1;;;;;. The zero-order chi connectivity index (χ0) is 40.7. The molecule has 0 spiro atoms. The van der Waals surface area contributed by atoms with Crippen LogP contribution in [0.2, 0.25) is 0 Å². The van der Waals surface area contributed by atoms with Gasteiger partial charge in [-0.3, -0.25) is 13.7 Å². The van der Waals surface area contributed by atoms with Crippen LogP contribution in [0, 0.1) is 23.7 Å². The number of aliphatic imine (C=N–C) groups is 2. The Morgan fingerprint density at radius 3 is 1.34 bits per heavy atom. The summed E-state index contributed by atoms with van der Waals surface area (Å²) in [6, 6.07) is 0.775. The monoisotopic (exact) mass is 921 g/mol. The van der Waals surface area contributed by atoms with Crippen molar-refractivity contribution in [2.24, 2.45) is 33.7 Å². The Bertz CT molecular complexity index is 1680. The summed E-state index contributed by atoms with van der Waals surface area (Å²) >= 11 is 0. The molecule has 7 rings (SSSR count).